The highest BCUT2D eigenvalue weighted by atomic mass is 35.5. The molecular weight excluding hydrogens is 260 g/mol. The van der Waals surface area contributed by atoms with Crippen molar-refractivity contribution >= 4 is 28.5 Å². The molecule has 0 spiro atoms. The van der Waals surface area contributed by atoms with Gasteiger partial charge in [0.15, 0.2) is 5.75 Å². The van der Waals surface area contributed by atoms with Crippen LogP contribution < -0.4 is 11.0 Å². The van der Waals surface area contributed by atoms with E-state index in [0.29, 0.717) is 15.9 Å². The molecule has 94 valence electrons. The number of halogens is 1. The fraction of sp³-hybridized carbons (Fsp3) is 0.0909. The number of nitrogens with one attached hydrogen (secondary N) is 1. The van der Waals surface area contributed by atoms with E-state index in [-0.39, 0.29) is 0 Å². The van der Waals surface area contributed by atoms with Crippen molar-refractivity contribution < 1.29 is 15.0 Å². The van der Waals surface area contributed by atoms with Gasteiger partial charge in [-0.25, -0.2) is 4.68 Å². The van der Waals surface area contributed by atoms with E-state index >= 15 is 0 Å². The SMILES string of the molecule is O=C(O)CNn1c(=O)c(O)cc2ccc(Cl)cc21. The highest BCUT2D eigenvalue weighted by molar-refractivity contribution is 6.31. The highest BCUT2D eigenvalue weighted by Crippen LogP contribution is 2.20. The summed E-state index contributed by atoms with van der Waals surface area (Å²) in [5.41, 5.74) is 2.07. The zero-order valence-electron chi connectivity index (χ0n) is 9.05. The van der Waals surface area contributed by atoms with Gasteiger partial charge < -0.3 is 15.6 Å². The van der Waals surface area contributed by atoms with E-state index in [9.17, 15) is 14.7 Å². The highest BCUT2D eigenvalue weighted by Gasteiger charge is 2.09. The smallest absolute Gasteiger partial charge is 0.324 e. The molecule has 0 radical (unpaired) electrons. The molecule has 1 heterocycles. The third-order valence-electron chi connectivity index (χ3n) is 2.34. The molecule has 0 saturated carbocycles. The van der Waals surface area contributed by atoms with Crippen LogP contribution in [0.25, 0.3) is 10.9 Å². The van der Waals surface area contributed by atoms with E-state index < -0.39 is 23.8 Å². The summed E-state index contributed by atoms with van der Waals surface area (Å²) >= 11 is 5.82. The van der Waals surface area contributed by atoms with Crippen molar-refractivity contribution in [2.75, 3.05) is 12.0 Å². The number of benzene rings is 1. The lowest BCUT2D eigenvalue weighted by atomic mass is 10.2. The Labute approximate surface area is 106 Å². The van der Waals surface area contributed by atoms with Crippen molar-refractivity contribution in [2.24, 2.45) is 0 Å². The minimum atomic E-state index is -1.12. The summed E-state index contributed by atoms with van der Waals surface area (Å²) in [7, 11) is 0. The summed E-state index contributed by atoms with van der Waals surface area (Å²) in [6.45, 7) is -0.453. The van der Waals surface area contributed by atoms with Crippen LogP contribution in [0.3, 0.4) is 0 Å². The number of pyridine rings is 1. The van der Waals surface area contributed by atoms with Crippen molar-refractivity contribution in [1.29, 1.82) is 0 Å². The lowest BCUT2D eigenvalue weighted by molar-refractivity contribution is -0.135. The summed E-state index contributed by atoms with van der Waals surface area (Å²) in [6, 6.07) is 6.03. The summed E-state index contributed by atoms with van der Waals surface area (Å²) in [5.74, 6) is -1.59. The van der Waals surface area contributed by atoms with Crippen molar-refractivity contribution in [3.63, 3.8) is 0 Å². The summed E-state index contributed by atoms with van der Waals surface area (Å²) in [5, 5.41) is 19.0. The molecule has 0 atom stereocenters. The van der Waals surface area contributed by atoms with Crippen LogP contribution in [0, 0.1) is 0 Å². The van der Waals surface area contributed by atoms with Gasteiger partial charge in [-0.05, 0) is 18.2 Å². The maximum absolute atomic E-state index is 11.7. The molecule has 7 heteroatoms. The van der Waals surface area contributed by atoms with Crippen LogP contribution >= 0.6 is 11.6 Å². The molecule has 1 aromatic heterocycles. The Kier molecular flexibility index (Phi) is 3.12. The van der Waals surface area contributed by atoms with Crippen LogP contribution in [0.4, 0.5) is 0 Å². The molecule has 0 unspecified atom stereocenters. The van der Waals surface area contributed by atoms with E-state index in [0.717, 1.165) is 4.68 Å². The Bertz CT molecular complexity index is 681. The molecule has 1 aromatic carbocycles. The fourth-order valence-corrected chi connectivity index (χ4v) is 1.74. The van der Waals surface area contributed by atoms with Gasteiger partial charge in [0.05, 0.1) is 5.52 Å². The molecule has 0 amide bonds. The summed E-state index contributed by atoms with van der Waals surface area (Å²) < 4.78 is 0.963. The second-order valence-electron chi connectivity index (χ2n) is 3.60. The topological polar surface area (TPSA) is 91.6 Å². The fourth-order valence-electron chi connectivity index (χ4n) is 1.57. The van der Waals surface area contributed by atoms with Crippen LogP contribution in [-0.4, -0.2) is 27.4 Å². The number of rotatable bonds is 3. The zero-order chi connectivity index (χ0) is 13.3. The maximum Gasteiger partial charge on any atom is 0.324 e. The Morgan fingerprint density at radius 3 is 2.78 bits per heavy atom. The van der Waals surface area contributed by atoms with Gasteiger partial charge in [0, 0.05) is 10.4 Å². The zero-order valence-corrected chi connectivity index (χ0v) is 9.81. The second kappa shape index (κ2) is 4.58. The summed E-state index contributed by atoms with van der Waals surface area (Å²) in [6.07, 6.45) is 0. The van der Waals surface area contributed by atoms with Gasteiger partial charge in [-0.3, -0.25) is 9.59 Å². The van der Waals surface area contributed by atoms with Gasteiger partial charge in [0.25, 0.3) is 0 Å². The van der Waals surface area contributed by atoms with Crippen LogP contribution in [0.2, 0.25) is 5.02 Å². The van der Waals surface area contributed by atoms with E-state index in [1.54, 1.807) is 12.1 Å². The molecule has 0 aliphatic carbocycles. The molecule has 6 nitrogen and oxygen atoms in total. The van der Waals surface area contributed by atoms with E-state index in [4.69, 9.17) is 16.7 Å². The molecule has 0 bridgehead atoms. The number of hydrogen-bond donors (Lipinski definition) is 3. The number of aliphatic carboxylic acids is 1. The normalized spacial score (nSPS) is 10.5. The largest absolute Gasteiger partial charge is 0.503 e. The quantitative estimate of drug-likeness (QED) is 0.772. The number of hydrogen-bond acceptors (Lipinski definition) is 4. The van der Waals surface area contributed by atoms with Crippen molar-refractivity contribution in [3.05, 3.63) is 39.6 Å². The molecule has 3 N–H and O–H groups in total. The molecule has 2 rings (SSSR count). The van der Waals surface area contributed by atoms with Gasteiger partial charge in [-0.2, -0.15) is 0 Å². The van der Waals surface area contributed by atoms with Crippen molar-refractivity contribution in [1.82, 2.24) is 4.68 Å². The standard InChI is InChI=1S/C11H9ClN2O4/c12-7-2-1-6-3-9(15)11(18)14(8(6)4-7)13-5-10(16)17/h1-4,13,15H,5H2,(H,16,17). The van der Waals surface area contributed by atoms with Crippen LogP contribution in [-0.2, 0) is 4.79 Å². The van der Waals surface area contributed by atoms with Crippen LogP contribution in [0.15, 0.2) is 29.1 Å². The first-order chi connectivity index (χ1) is 8.49. The minimum absolute atomic E-state index is 0.395. The minimum Gasteiger partial charge on any atom is -0.503 e. The first-order valence-corrected chi connectivity index (χ1v) is 5.37. The van der Waals surface area contributed by atoms with Crippen molar-refractivity contribution in [2.45, 2.75) is 0 Å². The number of aromatic hydroxyl groups is 1. The number of carbonyl (C=O) groups is 1. The Morgan fingerprint density at radius 1 is 1.39 bits per heavy atom. The van der Waals surface area contributed by atoms with E-state index in [1.165, 1.54) is 12.1 Å². The third-order valence-corrected chi connectivity index (χ3v) is 2.57. The Morgan fingerprint density at radius 2 is 2.11 bits per heavy atom. The summed E-state index contributed by atoms with van der Waals surface area (Å²) in [4.78, 5) is 22.2. The number of fused-ring (bicyclic) bond motifs is 1. The average Bonchev–Trinajstić information content (AvgIpc) is 2.30. The number of carboxylic acids is 1. The molecule has 0 aliphatic rings. The first kappa shape index (κ1) is 12.3. The molecule has 0 fully saturated rings. The van der Waals surface area contributed by atoms with Gasteiger partial charge >= 0.3 is 11.5 Å². The maximum atomic E-state index is 11.7. The molecule has 2 aromatic rings. The van der Waals surface area contributed by atoms with Gasteiger partial charge in [0.2, 0.25) is 0 Å². The lowest BCUT2D eigenvalue weighted by Gasteiger charge is -2.12. The average molecular weight is 269 g/mol. The van der Waals surface area contributed by atoms with Crippen molar-refractivity contribution in [3.8, 4) is 5.75 Å². The van der Waals surface area contributed by atoms with Gasteiger partial charge in [-0.15, -0.1) is 0 Å². The lowest BCUT2D eigenvalue weighted by Crippen LogP contribution is -2.32. The predicted octanol–water partition coefficient (Wildman–Crippen LogP) is 0.989. The molecule has 0 saturated heterocycles. The van der Waals surface area contributed by atoms with Gasteiger partial charge in [0.1, 0.15) is 6.54 Å². The molecule has 0 aliphatic heterocycles. The van der Waals surface area contributed by atoms with Gasteiger partial charge in [-0.1, -0.05) is 17.7 Å². The predicted molar refractivity (Wildman–Crippen MR) is 66.7 cm³/mol. The Hall–Kier alpha value is -2.21. The van der Waals surface area contributed by atoms with E-state index in [2.05, 4.69) is 5.43 Å². The number of aromatic nitrogens is 1. The van der Waals surface area contributed by atoms with Crippen LogP contribution in [0.5, 0.6) is 5.75 Å². The second-order valence-corrected chi connectivity index (χ2v) is 4.04. The third kappa shape index (κ3) is 2.23. The Balaban J connectivity index is 2.66. The molecule has 18 heavy (non-hydrogen) atoms. The monoisotopic (exact) mass is 268 g/mol. The number of carboxylic acid groups (broad SMARTS) is 1. The number of nitrogens with zero attached hydrogens (tertiary/aromatic N) is 1. The first-order valence-electron chi connectivity index (χ1n) is 4.99. The van der Waals surface area contributed by atoms with Crippen LogP contribution in [0.1, 0.15) is 0 Å². The van der Waals surface area contributed by atoms with E-state index in [1.807, 2.05) is 0 Å². The molecular formula is C11H9ClN2O4.